The van der Waals surface area contributed by atoms with E-state index in [1.807, 2.05) is 13.8 Å². The minimum absolute atomic E-state index is 0.0262. The number of nitrogens with zero attached hydrogens (tertiary/aromatic N) is 1. The first-order valence-electron chi connectivity index (χ1n) is 11.3. The maximum absolute atomic E-state index is 13.6. The maximum atomic E-state index is 13.6. The van der Waals surface area contributed by atoms with Crippen LogP contribution in [0.4, 0.5) is 0 Å². The van der Waals surface area contributed by atoms with E-state index >= 15 is 0 Å². The molecule has 1 N–H and O–H groups in total. The first-order chi connectivity index (χ1) is 16.1. The molecule has 0 aromatic heterocycles. The van der Waals surface area contributed by atoms with E-state index in [0.717, 1.165) is 0 Å². The van der Waals surface area contributed by atoms with Gasteiger partial charge in [-0.25, -0.2) is 0 Å². The number of hydrogen-bond donors (Lipinski definition) is 1. The van der Waals surface area contributed by atoms with Gasteiger partial charge in [-0.3, -0.25) is 9.59 Å². The summed E-state index contributed by atoms with van der Waals surface area (Å²) in [5.74, 6) is -0.880. The monoisotopic (exact) mass is 477 g/mol. The van der Waals surface area contributed by atoms with Crippen LogP contribution in [0.2, 0.25) is 0 Å². The van der Waals surface area contributed by atoms with Crippen LogP contribution in [0.25, 0.3) is 5.57 Å². The Morgan fingerprint density at radius 1 is 1.18 bits per heavy atom. The summed E-state index contributed by atoms with van der Waals surface area (Å²) in [7, 11) is 1.44. The summed E-state index contributed by atoms with van der Waals surface area (Å²) in [5.41, 5.74) is 0.953. The average Bonchev–Trinajstić information content (AvgIpc) is 3.38. The minimum Gasteiger partial charge on any atom is -0.492 e. The zero-order valence-electron chi connectivity index (χ0n) is 20.2. The Morgan fingerprint density at radius 2 is 1.85 bits per heavy atom. The Labute approximate surface area is 198 Å². The summed E-state index contributed by atoms with van der Waals surface area (Å²) in [6, 6.07) is 1.64. The summed E-state index contributed by atoms with van der Waals surface area (Å²) >= 11 is 0. The van der Waals surface area contributed by atoms with Crippen molar-refractivity contribution in [1.29, 1.82) is 0 Å². The van der Waals surface area contributed by atoms with Crippen molar-refractivity contribution in [3.8, 4) is 17.2 Å². The lowest BCUT2D eigenvalue weighted by molar-refractivity contribution is -0.165. The second kappa shape index (κ2) is 9.09. The van der Waals surface area contributed by atoms with E-state index in [1.54, 1.807) is 30.9 Å². The Bertz CT molecular complexity index is 1010. The number of esters is 1. The van der Waals surface area contributed by atoms with Gasteiger partial charge in [-0.05, 0) is 45.4 Å². The van der Waals surface area contributed by atoms with Gasteiger partial charge >= 0.3 is 5.97 Å². The van der Waals surface area contributed by atoms with Crippen LogP contribution in [-0.4, -0.2) is 79.1 Å². The predicted molar refractivity (Wildman–Crippen MR) is 120 cm³/mol. The van der Waals surface area contributed by atoms with Gasteiger partial charge in [0, 0.05) is 25.6 Å². The molecule has 1 aromatic carbocycles. The molecule has 2 aliphatic heterocycles. The normalized spacial score (nSPS) is 26.5. The van der Waals surface area contributed by atoms with E-state index in [1.165, 1.54) is 14.0 Å². The molecule has 1 fully saturated rings. The molecule has 2 heterocycles. The predicted octanol–water partition coefficient (Wildman–Crippen LogP) is 2.12. The molecule has 10 nitrogen and oxygen atoms in total. The smallest absolute Gasteiger partial charge is 0.303 e. The van der Waals surface area contributed by atoms with Crippen molar-refractivity contribution in [3.63, 3.8) is 0 Å². The number of fused-ring (bicyclic) bond motifs is 2. The lowest BCUT2D eigenvalue weighted by Gasteiger charge is -2.34. The zero-order valence-corrected chi connectivity index (χ0v) is 20.2. The summed E-state index contributed by atoms with van der Waals surface area (Å²) in [4.78, 5) is 27.1. The zero-order chi connectivity index (χ0) is 24.8. The van der Waals surface area contributed by atoms with Crippen LogP contribution in [-0.2, 0) is 19.0 Å². The standard InChI is InChI=1S/C24H31NO9/c1-7-25(8-2)23(28)17-13(9-15-19(21(17)29-6)31-11-30-15)14-10-16(32-12(3)26)20-22(18(14)27)34-24(4,5)33-20/h9-10,16,18,20,22,27H,7-8,11H2,1-6H3/t16-,18+,20+,22-/m0/s1. The van der Waals surface area contributed by atoms with E-state index in [4.69, 9.17) is 28.4 Å². The van der Waals surface area contributed by atoms with Gasteiger partial charge in [0.15, 0.2) is 17.3 Å². The highest BCUT2D eigenvalue weighted by molar-refractivity contribution is 6.04. The highest BCUT2D eigenvalue weighted by Crippen LogP contribution is 2.49. The Hall–Kier alpha value is -2.82. The molecule has 0 bridgehead atoms. The van der Waals surface area contributed by atoms with Gasteiger partial charge in [0.25, 0.3) is 5.91 Å². The number of methoxy groups -OCH3 is 1. The number of amides is 1. The Balaban J connectivity index is 1.92. The topological polar surface area (TPSA) is 113 Å². The highest BCUT2D eigenvalue weighted by Gasteiger charge is 2.53. The highest BCUT2D eigenvalue weighted by atomic mass is 16.8. The summed E-state index contributed by atoms with van der Waals surface area (Å²) in [6.07, 6.45) is -1.95. The van der Waals surface area contributed by atoms with Gasteiger partial charge in [0.2, 0.25) is 12.5 Å². The summed E-state index contributed by atoms with van der Waals surface area (Å²) < 4.78 is 34.2. The van der Waals surface area contributed by atoms with Crippen molar-refractivity contribution < 1.29 is 43.1 Å². The van der Waals surface area contributed by atoms with Crippen LogP contribution < -0.4 is 14.2 Å². The van der Waals surface area contributed by atoms with Crippen molar-refractivity contribution in [2.75, 3.05) is 27.0 Å². The van der Waals surface area contributed by atoms with Crippen molar-refractivity contribution >= 4 is 17.4 Å². The SMILES string of the molecule is CCN(CC)C(=O)c1c(C2=C[C@H](OC(C)=O)[C@H]3OC(C)(C)O[C@H]3[C@@H]2O)cc2c(c1OC)OCO2. The number of hydrogen-bond acceptors (Lipinski definition) is 9. The fraction of sp³-hybridized carbons (Fsp3) is 0.583. The molecule has 4 atom stereocenters. The molecule has 4 rings (SSSR count). The largest absolute Gasteiger partial charge is 0.492 e. The molecule has 0 unspecified atom stereocenters. The molecule has 1 aliphatic carbocycles. The summed E-state index contributed by atoms with van der Waals surface area (Å²) in [6.45, 7) is 9.42. The van der Waals surface area contributed by atoms with E-state index in [0.29, 0.717) is 35.7 Å². The number of ether oxygens (including phenoxy) is 6. The number of benzene rings is 1. The van der Waals surface area contributed by atoms with Crippen LogP contribution in [0.15, 0.2) is 12.1 Å². The maximum Gasteiger partial charge on any atom is 0.303 e. The van der Waals surface area contributed by atoms with Crippen molar-refractivity contribution in [2.24, 2.45) is 0 Å². The lowest BCUT2D eigenvalue weighted by atomic mass is 9.83. The Kier molecular flexibility index (Phi) is 6.50. The number of rotatable bonds is 6. The molecule has 0 spiro atoms. The first kappa shape index (κ1) is 24.3. The average molecular weight is 478 g/mol. The molecule has 1 aromatic rings. The third-order valence-electron chi connectivity index (χ3n) is 6.16. The van der Waals surface area contributed by atoms with Gasteiger partial charge in [-0.15, -0.1) is 0 Å². The van der Waals surface area contributed by atoms with Gasteiger partial charge in [-0.1, -0.05) is 0 Å². The van der Waals surface area contributed by atoms with Gasteiger partial charge in [0.05, 0.1) is 12.7 Å². The Morgan fingerprint density at radius 3 is 2.47 bits per heavy atom. The lowest BCUT2D eigenvalue weighted by Crippen LogP contribution is -2.47. The second-order valence-electron chi connectivity index (χ2n) is 8.75. The molecule has 0 radical (unpaired) electrons. The number of carbonyl (C=O) groups is 2. The van der Waals surface area contributed by atoms with Crippen LogP contribution in [0.5, 0.6) is 17.2 Å². The van der Waals surface area contributed by atoms with Crippen LogP contribution in [0.3, 0.4) is 0 Å². The minimum atomic E-state index is -1.17. The van der Waals surface area contributed by atoms with Crippen LogP contribution >= 0.6 is 0 Å². The van der Waals surface area contributed by atoms with Crippen molar-refractivity contribution in [3.05, 3.63) is 23.3 Å². The number of aliphatic hydroxyl groups is 1. The van der Waals surface area contributed by atoms with E-state index in [-0.39, 0.29) is 24.0 Å². The molecule has 1 amide bonds. The van der Waals surface area contributed by atoms with E-state index in [2.05, 4.69) is 0 Å². The molecule has 3 aliphatic rings. The van der Waals surface area contributed by atoms with E-state index in [9.17, 15) is 14.7 Å². The summed E-state index contributed by atoms with van der Waals surface area (Å²) in [5, 5.41) is 11.4. The van der Waals surface area contributed by atoms with Crippen molar-refractivity contribution in [2.45, 2.75) is 64.8 Å². The van der Waals surface area contributed by atoms with Crippen LogP contribution in [0, 0.1) is 0 Å². The van der Waals surface area contributed by atoms with E-state index < -0.39 is 36.2 Å². The van der Waals surface area contributed by atoms with Crippen LogP contribution in [0.1, 0.15) is 50.5 Å². The fourth-order valence-electron chi connectivity index (χ4n) is 4.72. The van der Waals surface area contributed by atoms with Gasteiger partial charge in [-0.2, -0.15) is 0 Å². The number of carbonyl (C=O) groups excluding carboxylic acids is 2. The molecule has 10 heteroatoms. The van der Waals surface area contributed by atoms with Gasteiger partial charge < -0.3 is 38.4 Å². The fourth-order valence-corrected chi connectivity index (χ4v) is 4.72. The molecule has 0 saturated carbocycles. The third kappa shape index (κ3) is 4.10. The first-order valence-corrected chi connectivity index (χ1v) is 11.3. The molecular weight excluding hydrogens is 446 g/mol. The molecule has 186 valence electrons. The second-order valence-corrected chi connectivity index (χ2v) is 8.75. The molecular formula is C24H31NO9. The molecule has 34 heavy (non-hydrogen) atoms. The number of aliphatic hydroxyl groups excluding tert-OH is 1. The molecule has 1 saturated heterocycles. The third-order valence-corrected chi connectivity index (χ3v) is 6.16. The quantitative estimate of drug-likeness (QED) is 0.616. The van der Waals surface area contributed by atoms with Crippen molar-refractivity contribution in [1.82, 2.24) is 4.90 Å². The van der Waals surface area contributed by atoms with Gasteiger partial charge in [0.1, 0.15) is 24.4 Å².